The first-order valence-electron chi connectivity index (χ1n) is 7.23. The molecule has 6 heteroatoms. The van der Waals surface area contributed by atoms with E-state index < -0.39 is 0 Å². The van der Waals surface area contributed by atoms with Gasteiger partial charge in [0, 0.05) is 37.1 Å². The van der Waals surface area contributed by atoms with E-state index in [-0.39, 0.29) is 17.5 Å². The number of nitrogens with one attached hydrogen (secondary N) is 1. The number of nitrogens with two attached hydrogens (primary N) is 1. The van der Waals surface area contributed by atoms with E-state index >= 15 is 0 Å². The summed E-state index contributed by atoms with van der Waals surface area (Å²) < 4.78 is 25.8. The van der Waals surface area contributed by atoms with Gasteiger partial charge in [0.2, 0.25) is 0 Å². The van der Waals surface area contributed by atoms with Crippen molar-refractivity contribution in [3.05, 3.63) is 34.1 Å². The van der Waals surface area contributed by atoms with E-state index in [0.717, 1.165) is 22.9 Å². The van der Waals surface area contributed by atoms with Crippen molar-refractivity contribution in [1.82, 2.24) is 5.43 Å². The molecular weight excluding hydrogens is 339 g/mol. The lowest BCUT2D eigenvalue weighted by atomic mass is 9.83. The van der Waals surface area contributed by atoms with E-state index in [1.54, 1.807) is 6.07 Å². The zero-order valence-corrected chi connectivity index (χ0v) is 13.8. The molecule has 0 aromatic heterocycles. The van der Waals surface area contributed by atoms with Crippen molar-refractivity contribution >= 4 is 15.9 Å². The van der Waals surface area contributed by atoms with E-state index in [4.69, 9.17) is 15.3 Å². The van der Waals surface area contributed by atoms with Gasteiger partial charge in [-0.05, 0) is 37.1 Å². The van der Waals surface area contributed by atoms with Crippen LogP contribution in [0.3, 0.4) is 0 Å². The normalized spacial score (nSPS) is 19.4. The smallest absolute Gasteiger partial charge is 0.123 e. The molecule has 4 nitrogen and oxygen atoms in total. The van der Waals surface area contributed by atoms with Crippen LogP contribution in [0, 0.1) is 5.82 Å². The van der Waals surface area contributed by atoms with Crippen molar-refractivity contribution in [3.63, 3.8) is 0 Å². The maximum absolute atomic E-state index is 13.5. The summed E-state index contributed by atoms with van der Waals surface area (Å²) in [4.78, 5) is 0. The second kappa shape index (κ2) is 7.65. The Morgan fingerprint density at radius 2 is 2.19 bits per heavy atom. The molecule has 0 amide bonds. The fourth-order valence-electron chi connectivity index (χ4n) is 2.91. The first kappa shape index (κ1) is 16.8. The number of benzene rings is 1. The lowest BCUT2D eigenvalue weighted by Gasteiger charge is -2.43. The van der Waals surface area contributed by atoms with Gasteiger partial charge in [0.25, 0.3) is 0 Å². The summed E-state index contributed by atoms with van der Waals surface area (Å²) in [5, 5.41) is 0. The van der Waals surface area contributed by atoms with Crippen molar-refractivity contribution < 1.29 is 13.9 Å². The number of hydrazine groups is 1. The maximum Gasteiger partial charge on any atom is 0.123 e. The van der Waals surface area contributed by atoms with E-state index in [0.29, 0.717) is 26.2 Å². The fraction of sp³-hybridized carbons (Fsp3) is 0.600. The Balaban J connectivity index is 2.22. The molecule has 1 aliphatic heterocycles. The Hall–Kier alpha value is -0.530. The van der Waals surface area contributed by atoms with Crippen LogP contribution in [0.5, 0.6) is 0 Å². The van der Waals surface area contributed by atoms with Gasteiger partial charge in [-0.15, -0.1) is 0 Å². The number of halogens is 2. The Morgan fingerprint density at radius 1 is 1.48 bits per heavy atom. The van der Waals surface area contributed by atoms with Gasteiger partial charge in [-0.2, -0.15) is 0 Å². The first-order valence-corrected chi connectivity index (χ1v) is 8.02. The van der Waals surface area contributed by atoms with Crippen molar-refractivity contribution in [1.29, 1.82) is 0 Å². The molecule has 0 bridgehead atoms. The summed E-state index contributed by atoms with van der Waals surface area (Å²) in [5.41, 5.74) is 3.38. The highest BCUT2D eigenvalue weighted by Crippen LogP contribution is 2.32. The average molecular weight is 361 g/mol. The molecule has 1 atom stereocenters. The van der Waals surface area contributed by atoms with Gasteiger partial charge in [0.05, 0.1) is 11.6 Å². The Labute approximate surface area is 133 Å². The SMILES string of the molecule is CCOC1(C(Cc2cc(F)ccc2Br)NN)CCOCC1. The molecular formula is C15H22BrFN2O2. The molecule has 1 aromatic rings. The molecule has 3 N–H and O–H groups in total. The topological polar surface area (TPSA) is 56.5 Å². The predicted octanol–water partition coefficient (Wildman–Crippen LogP) is 2.55. The van der Waals surface area contributed by atoms with Gasteiger partial charge in [-0.3, -0.25) is 11.3 Å². The third kappa shape index (κ3) is 4.02. The van der Waals surface area contributed by atoms with Gasteiger partial charge in [0.1, 0.15) is 5.82 Å². The minimum atomic E-state index is -0.368. The van der Waals surface area contributed by atoms with E-state index in [1.807, 2.05) is 6.92 Å². The fourth-order valence-corrected chi connectivity index (χ4v) is 3.32. The first-order chi connectivity index (χ1) is 10.1. The molecule has 2 rings (SSSR count). The summed E-state index contributed by atoms with van der Waals surface area (Å²) in [6.07, 6.45) is 2.15. The van der Waals surface area contributed by atoms with Crippen LogP contribution < -0.4 is 11.3 Å². The summed E-state index contributed by atoms with van der Waals surface area (Å²) in [7, 11) is 0. The molecule has 1 saturated heterocycles. The molecule has 1 unspecified atom stereocenters. The Morgan fingerprint density at radius 3 is 2.81 bits per heavy atom. The van der Waals surface area contributed by atoms with Gasteiger partial charge in [0.15, 0.2) is 0 Å². The van der Waals surface area contributed by atoms with Crippen molar-refractivity contribution in [2.24, 2.45) is 5.84 Å². The van der Waals surface area contributed by atoms with Crippen LogP contribution in [0.2, 0.25) is 0 Å². The summed E-state index contributed by atoms with van der Waals surface area (Å²) in [6.45, 7) is 3.90. The third-order valence-corrected chi connectivity index (χ3v) is 4.81. The molecule has 0 spiro atoms. The largest absolute Gasteiger partial charge is 0.381 e. The van der Waals surface area contributed by atoms with Crippen molar-refractivity contribution in [2.75, 3.05) is 19.8 Å². The number of rotatable bonds is 6. The molecule has 0 radical (unpaired) electrons. The average Bonchev–Trinajstić information content (AvgIpc) is 2.49. The second-order valence-corrected chi connectivity index (χ2v) is 6.12. The van der Waals surface area contributed by atoms with E-state index in [9.17, 15) is 4.39 Å². The summed E-state index contributed by atoms with van der Waals surface area (Å²) >= 11 is 3.47. The van der Waals surface area contributed by atoms with E-state index in [1.165, 1.54) is 12.1 Å². The quantitative estimate of drug-likeness (QED) is 0.604. The van der Waals surface area contributed by atoms with Crippen LogP contribution in [0.1, 0.15) is 25.3 Å². The molecule has 118 valence electrons. The summed E-state index contributed by atoms with van der Waals surface area (Å²) in [5.74, 6) is 5.53. The van der Waals surface area contributed by atoms with Crippen LogP contribution in [0.4, 0.5) is 4.39 Å². The Kier molecular flexibility index (Phi) is 6.13. The summed E-state index contributed by atoms with van der Waals surface area (Å²) in [6, 6.07) is 4.59. The molecule has 1 aromatic carbocycles. The monoisotopic (exact) mass is 360 g/mol. The number of hydrogen-bond donors (Lipinski definition) is 2. The van der Waals surface area contributed by atoms with Crippen LogP contribution >= 0.6 is 15.9 Å². The molecule has 21 heavy (non-hydrogen) atoms. The minimum Gasteiger partial charge on any atom is -0.381 e. The molecule has 1 fully saturated rings. The minimum absolute atomic E-state index is 0.0977. The van der Waals surface area contributed by atoms with Crippen molar-refractivity contribution in [3.8, 4) is 0 Å². The van der Waals surface area contributed by atoms with Crippen LogP contribution in [-0.2, 0) is 15.9 Å². The Bertz CT molecular complexity index is 461. The number of hydrogen-bond acceptors (Lipinski definition) is 4. The highest BCUT2D eigenvalue weighted by Gasteiger charge is 2.41. The zero-order chi connectivity index (χ0) is 15.3. The lowest BCUT2D eigenvalue weighted by molar-refractivity contribution is -0.126. The predicted molar refractivity (Wildman–Crippen MR) is 83.3 cm³/mol. The maximum atomic E-state index is 13.5. The van der Waals surface area contributed by atoms with Gasteiger partial charge < -0.3 is 9.47 Å². The number of ether oxygens (including phenoxy) is 2. The lowest BCUT2D eigenvalue weighted by Crippen LogP contribution is -2.58. The van der Waals surface area contributed by atoms with Crippen LogP contribution in [0.15, 0.2) is 22.7 Å². The van der Waals surface area contributed by atoms with Crippen LogP contribution in [0.25, 0.3) is 0 Å². The third-order valence-electron chi connectivity index (χ3n) is 4.04. The zero-order valence-electron chi connectivity index (χ0n) is 12.2. The van der Waals surface area contributed by atoms with Crippen LogP contribution in [-0.4, -0.2) is 31.5 Å². The standard InChI is InChI=1S/C15H22BrFN2O2/c1-2-21-15(5-7-20-8-6-15)14(19-18)10-11-9-12(17)3-4-13(11)16/h3-4,9,14,19H,2,5-8,10,18H2,1H3. The molecule has 0 saturated carbocycles. The second-order valence-electron chi connectivity index (χ2n) is 5.27. The van der Waals surface area contributed by atoms with Gasteiger partial charge in [-0.1, -0.05) is 15.9 Å². The van der Waals surface area contributed by atoms with Gasteiger partial charge in [-0.25, -0.2) is 4.39 Å². The molecule has 1 heterocycles. The van der Waals surface area contributed by atoms with Gasteiger partial charge >= 0.3 is 0 Å². The highest BCUT2D eigenvalue weighted by atomic mass is 79.9. The van der Waals surface area contributed by atoms with Crippen molar-refractivity contribution in [2.45, 2.75) is 37.8 Å². The highest BCUT2D eigenvalue weighted by molar-refractivity contribution is 9.10. The van der Waals surface area contributed by atoms with E-state index in [2.05, 4.69) is 21.4 Å². The molecule has 0 aliphatic carbocycles. The molecule has 1 aliphatic rings.